The molecule has 58 valence electrons. The zero-order chi connectivity index (χ0) is 7.84. The van der Waals surface area contributed by atoms with E-state index < -0.39 is 0 Å². The van der Waals surface area contributed by atoms with Gasteiger partial charge in [-0.3, -0.25) is 10.7 Å². The van der Waals surface area contributed by atoms with E-state index in [0.29, 0.717) is 0 Å². The predicted molar refractivity (Wildman–Crippen MR) is 46.5 cm³/mol. The number of hydrogen-bond acceptors (Lipinski definition) is 4. The van der Waals surface area contributed by atoms with Crippen LogP contribution in [0.4, 0.5) is 0 Å². The molecular formula is C6H7BrN4. The van der Waals surface area contributed by atoms with Crippen LogP contribution in [0.5, 0.6) is 0 Å². The van der Waals surface area contributed by atoms with Crippen LogP contribution in [0.25, 0.3) is 0 Å². The lowest BCUT2D eigenvalue weighted by Gasteiger charge is -2.16. The number of hydrazine groups is 1. The Labute approximate surface area is 72.6 Å². The maximum atomic E-state index is 5.52. The molecule has 2 aliphatic rings. The van der Waals surface area contributed by atoms with Crippen molar-refractivity contribution in [1.29, 1.82) is 0 Å². The molecule has 0 aromatic rings. The predicted octanol–water partition coefficient (Wildman–Crippen LogP) is 0.254. The fourth-order valence-electron chi connectivity index (χ4n) is 0.989. The molecule has 0 aromatic carbocycles. The van der Waals surface area contributed by atoms with E-state index in [9.17, 15) is 0 Å². The zero-order valence-electron chi connectivity index (χ0n) is 5.66. The van der Waals surface area contributed by atoms with E-state index in [0.717, 1.165) is 10.3 Å². The Morgan fingerprint density at radius 1 is 1.64 bits per heavy atom. The first kappa shape index (κ1) is 7.02. The lowest BCUT2D eigenvalue weighted by molar-refractivity contribution is 0.386. The van der Waals surface area contributed by atoms with Crippen LogP contribution < -0.4 is 11.2 Å². The molecule has 0 aromatic heterocycles. The van der Waals surface area contributed by atoms with Gasteiger partial charge in [-0.05, 0) is 28.1 Å². The molecule has 0 aliphatic carbocycles. The van der Waals surface area contributed by atoms with Gasteiger partial charge in [-0.2, -0.15) is 5.43 Å². The van der Waals surface area contributed by atoms with E-state index in [1.807, 2.05) is 18.4 Å². The van der Waals surface area contributed by atoms with Crippen molar-refractivity contribution in [1.82, 2.24) is 10.4 Å². The highest BCUT2D eigenvalue weighted by Gasteiger charge is 2.19. The number of nitrogens with one attached hydrogen (secondary N) is 1. The topological polar surface area (TPSA) is 53.6 Å². The summed E-state index contributed by atoms with van der Waals surface area (Å²) in [5.74, 6) is 0.848. The number of fused-ring (bicyclic) bond motifs is 1. The van der Waals surface area contributed by atoms with Crippen molar-refractivity contribution in [2.24, 2.45) is 10.7 Å². The van der Waals surface area contributed by atoms with Crippen molar-refractivity contribution >= 4 is 21.8 Å². The summed E-state index contributed by atoms with van der Waals surface area (Å²) in [5, 5.41) is 1.79. The molecule has 2 heterocycles. The number of nitrogens with two attached hydrogens (primary N) is 1. The lowest BCUT2D eigenvalue weighted by atomic mass is 10.4. The van der Waals surface area contributed by atoms with Gasteiger partial charge in [0.05, 0.1) is 0 Å². The molecule has 1 unspecified atom stereocenters. The number of allylic oxidation sites excluding steroid dienone is 2. The standard InChI is InChI=1S/C6H7BrN4/c7-4-1-2-5-9-6(8)10-11(5)3-4/h1-3,6,10H,8H2. The van der Waals surface area contributed by atoms with Gasteiger partial charge in [-0.25, -0.2) is 4.99 Å². The van der Waals surface area contributed by atoms with E-state index in [1.165, 1.54) is 0 Å². The molecule has 3 N–H and O–H groups in total. The summed E-state index contributed by atoms with van der Waals surface area (Å²) < 4.78 is 0.998. The molecule has 0 spiro atoms. The lowest BCUT2D eigenvalue weighted by Crippen LogP contribution is -2.40. The fourth-order valence-corrected chi connectivity index (χ4v) is 1.33. The van der Waals surface area contributed by atoms with Crippen LogP contribution in [0.15, 0.2) is 27.8 Å². The maximum absolute atomic E-state index is 5.52. The Balaban J connectivity index is 2.29. The van der Waals surface area contributed by atoms with E-state index in [-0.39, 0.29) is 6.29 Å². The van der Waals surface area contributed by atoms with Crippen molar-refractivity contribution in [3.05, 3.63) is 22.8 Å². The summed E-state index contributed by atoms with van der Waals surface area (Å²) in [6.45, 7) is 0. The molecule has 4 nitrogen and oxygen atoms in total. The highest BCUT2D eigenvalue weighted by molar-refractivity contribution is 9.11. The second-order valence-electron chi connectivity index (χ2n) is 2.28. The Bertz CT molecular complexity index is 268. The third kappa shape index (κ3) is 1.22. The number of aliphatic imine (C=N–C) groups is 1. The zero-order valence-corrected chi connectivity index (χ0v) is 7.25. The van der Waals surface area contributed by atoms with E-state index in [2.05, 4.69) is 26.3 Å². The van der Waals surface area contributed by atoms with Crippen LogP contribution in [-0.2, 0) is 0 Å². The smallest absolute Gasteiger partial charge is 0.170 e. The molecule has 2 rings (SSSR count). The molecule has 5 heteroatoms. The van der Waals surface area contributed by atoms with Crippen molar-refractivity contribution in [2.45, 2.75) is 6.29 Å². The van der Waals surface area contributed by atoms with Crippen molar-refractivity contribution in [2.75, 3.05) is 0 Å². The Hall–Kier alpha value is -0.650. The molecule has 11 heavy (non-hydrogen) atoms. The quantitative estimate of drug-likeness (QED) is 0.609. The highest BCUT2D eigenvalue weighted by atomic mass is 79.9. The highest BCUT2D eigenvalue weighted by Crippen LogP contribution is 2.15. The van der Waals surface area contributed by atoms with Gasteiger partial charge in [0.15, 0.2) is 6.29 Å². The minimum absolute atomic E-state index is 0.315. The second kappa shape index (κ2) is 2.44. The number of rotatable bonds is 0. The molecule has 1 atom stereocenters. The van der Waals surface area contributed by atoms with Crippen molar-refractivity contribution < 1.29 is 0 Å². The number of nitrogens with zero attached hydrogens (tertiary/aromatic N) is 2. The van der Waals surface area contributed by atoms with Crippen LogP contribution in [0, 0.1) is 0 Å². The molecule has 2 aliphatic heterocycles. The fraction of sp³-hybridized carbons (Fsp3) is 0.167. The van der Waals surface area contributed by atoms with Gasteiger partial charge in [0, 0.05) is 10.7 Å². The van der Waals surface area contributed by atoms with Gasteiger partial charge in [-0.15, -0.1) is 0 Å². The molecule has 0 radical (unpaired) electrons. The molecule has 0 saturated heterocycles. The summed E-state index contributed by atoms with van der Waals surface area (Å²) in [4.78, 5) is 4.10. The van der Waals surface area contributed by atoms with Crippen LogP contribution in [0.2, 0.25) is 0 Å². The van der Waals surface area contributed by atoms with Gasteiger partial charge in [0.2, 0.25) is 0 Å². The van der Waals surface area contributed by atoms with Gasteiger partial charge in [0.1, 0.15) is 5.84 Å². The normalized spacial score (nSPS) is 28.2. The monoisotopic (exact) mass is 214 g/mol. The van der Waals surface area contributed by atoms with Gasteiger partial charge in [0.25, 0.3) is 0 Å². The molecule has 0 bridgehead atoms. The van der Waals surface area contributed by atoms with Gasteiger partial charge >= 0.3 is 0 Å². The maximum Gasteiger partial charge on any atom is 0.170 e. The number of amidine groups is 1. The summed E-state index contributed by atoms with van der Waals surface area (Å²) in [7, 11) is 0. The summed E-state index contributed by atoms with van der Waals surface area (Å²) in [6.07, 6.45) is 5.38. The average Bonchev–Trinajstić information content (AvgIpc) is 2.27. The molecular weight excluding hydrogens is 208 g/mol. The van der Waals surface area contributed by atoms with Gasteiger partial charge < -0.3 is 0 Å². The molecule has 0 saturated carbocycles. The minimum atomic E-state index is -0.315. The molecule has 0 fully saturated rings. The first-order chi connectivity index (χ1) is 5.25. The summed E-state index contributed by atoms with van der Waals surface area (Å²) in [6, 6.07) is 0. The van der Waals surface area contributed by atoms with E-state index in [1.54, 1.807) is 5.01 Å². The number of hydrogen-bond donors (Lipinski definition) is 2. The second-order valence-corrected chi connectivity index (χ2v) is 3.19. The third-order valence-corrected chi connectivity index (χ3v) is 1.90. The Kier molecular flexibility index (Phi) is 1.56. The molecule has 0 amide bonds. The first-order valence-corrected chi connectivity index (χ1v) is 3.99. The first-order valence-electron chi connectivity index (χ1n) is 3.20. The van der Waals surface area contributed by atoms with Crippen molar-refractivity contribution in [3.8, 4) is 0 Å². The summed E-state index contributed by atoms with van der Waals surface area (Å²) >= 11 is 3.34. The Morgan fingerprint density at radius 2 is 2.45 bits per heavy atom. The van der Waals surface area contributed by atoms with E-state index in [4.69, 9.17) is 5.73 Å². The van der Waals surface area contributed by atoms with Crippen molar-refractivity contribution in [3.63, 3.8) is 0 Å². The van der Waals surface area contributed by atoms with Crippen LogP contribution in [-0.4, -0.2) is 17.1 Å². The minimum Gasteiger partial charge on any atom is -0.296 e. The average molecular weight is 215 g/mol. The third-order valence-electron chi connectivity index (χ3n) is 1.43. The number of halogens is 1. The SMILES string of the molecule is NC1N=C2C=CC(Br)=CN2N1. The van der Waals surface area contributed by atoms with E-state index >= 15 is 0 Å². The van der Waals surface area contributed by atoms with Gasteiger partial charge in [-0.1, -0.05) is 0 Å². The van der Waals surface area contributed by atoms with Crippen LogP contribution in [0.3, 0.4) is 0 Å². The Morgan fingerprint density at radius 3 is 3.27 bits per heavy atom. The van der Waals surface area contributed by atoms with Crippen LogP contribution in [0.1, 0.15) is 0 Å². The van der Waals surface area contributed by atoms with Crippen LogP contribution >= 0.6 is 15.9 Å². The largest absolute Gasteiger partial charge is 0.296 e. The summed E-state index contributed by atoms with van der Waals surface area (Å²) in [5.41, 5.74) is 8.46.